The number of carbonyl (C=O) groups is 2. The maximum atomic E-state index is 12.7. The van der Waals surface area contributed by atoms with Crippen LogP contribution >= 0.6 is 11.8 Å². The average molecular weight is 454 g/mol. The molecule has 1 amide bonds. The van der Waals surface area contributed by atoms with Gasteiger partial charge in [-0.15, -0.1) is 4.40 Å². The predicted molar refractivity (Wildman–Crippen MR) is 112 cm³/mol. The van der Waals surface area contributed by atoms with E-state index in [2.05, 4.69) is 4.40 Å². The van der Waals surface area contributed by atoms with Crippen LogP contribution in [0.2, 0.25) is 0 Å². The summed E-state index contributed by atoms with van der Waals surface area (Å²) in [7, 11) is -3.44. The van der Waals surface area contributed by atoms with E-state index in [0.29, 0.717) is 30.4 Å². The van der Waals surface area contributed by atoms with Crippen molar-refractivity contribution in [2.45, 2.75) is 44.0 Å². The highest BCUT2D eigenvalue weighted by Gasteiger charge is 2.34. The number of amidine groups is 1. The lowest BCUT2D eigenvalue weighted by Crippen LogP contribution is -2.51. The van der Waals surface area contributed by atoms with Crippen molar-refractivity contribution < 1.29 is 27.5 Å². The topological polar surface area (TPSA) is 106 Å². The Hall–Kier alpha value is -2.11. The second-order valence-corrected chi connectivity index (χ2v) is 10.4. The van der Waals surface area contributed by atoms with E-state index in [-0.39, 0.29) is 23.9 Å². The number of nitrogens with zero attached hydrogens (tertiary/aromatic N) is 3. The lowest BCUT2D eigenvalue weighted by molar-refractivity contribution is -0.151. The van der Waals surface area contributed by atoms with Crippen LogP contribution < -0.4 is 4.90 Å². The molecule has 3 unspecified atom stereocenters. The molecule has 0 aliphatic carbocycles. The van der Waals surface area contributed by atoms with Crippen molar-refractivity contribution in [2.24, 2.45) is 4.40 Å². The molecule has 1 aromatic rings. The van der Waals surface area contributed by atoms with Crippen LogP contribution in [-0.2, 0) is 24.3 Å². The molecule has 3 aliphatic heterocycles. The molecule has 0 N–H and O–H groups in total. The fraction of sp³-hybridized carbons (Fsp3) is 0.526. The molecule has 3 atom stereocenters. The van der Waals surface area contributed by atoms with Gasteiger partial charge in [-0.1, -0.05) is 0 Å². The lowest BCUT2D eigenvalue weighted by Gasteiger charge is -2.36. The van der Waals surface area contributed by atoms with Gasteiger partial charge in [-0.05, 0) is 50.7 Å². The Labute approximate surface area is 179 Å². The maximum absolute atomic E-state index is 12.7. The smallest absolute Gasteiger partial charge is 0.338 e. The van der Waals surface area contributed by atoms with Crippen LogP contribution in [0.1, 0.15) is 31.1 Å². The predicted octanol–water partition coefficient (Wildman–Crippen LogP) is 1.48. The first-order valence-electron chi connectivity index (χ1n) is 9.70. The Morgan fingerprint density at radius 2 is 1.97 bits per heavy atom. The normalized spacial score (nSPS) is 25.8. The van der Waals surface area contributed by atoms with Crippen LogP contribution in [0.15, 0.2) is 27.5 Å². The third-order valence-corrected chi connectivity index (χ3v) is 7.38. The first kappa shape index (κ1) is 21.1. The van der Waals surface area contributed by atoms with Crippen LogP contribution in [-0.4, -0.2) is 74.1 Å². The number of esters is 1. The van der Waals surface area contributed by atoms with Crippen LogP contribution in [0.5, 0.6) is 0 Å². The molecule has 11 heteroatoms. The van der Waals surface area contributed by atoms with Gasteiger partial charge in [0, 0.05) is 24.5 Å². The van der Waals surface area contributed by atoms with Gasteiger partial charge in [0.15, 0.2) is 11.3 Å². The highest BCUT2D eigenvalue weighted by Crippen LogP contribution is 2.42. The van der Waals surface area contributed by atoms with E-state index in [4.69, 9.17) is 9.47 Å². The Morgan fingerprint density at radius 1 is 1.27 bits per heavy atom. The third-order valence-electron chi connectivity index (χ3n) is 5.07. The minimum Gasteiger partial charge on any atom is -0.449 e. The van der Waals surface area contributed by atoms with Gasteiger partial charge in [0.05, 0.1) is 29.2 Å². The summed E-state index contributed by atoms with van der Waals surface area (Å²) in [5.41, 5.74) is 1.11. The molecule has 0 bridgehead atoms. The molecule has 162 valence electrons. The average Bonchev–Trinajstić information content (AvgIpc) is 3.01. The van der Waals surface area contributed by atoms with E-state index in [0.717, 1.165) is 10.6 Å². The van der Waals surface area contributed by atoms with E-state index >= 15 is 0 Å². The molecule has 0 radical (unpaired) electrons. The summed E-state index contributed by atoms with van der Waals surface area (Å²) in [4.78, 5) is 29.5. The molecular weight excluding hydrogens is 430 g/mol. The summed E-state index contributed by atoms with van der Waals surface area (Å²) < 4.78 is 38.3. The number of carbonyl (C=O) groups excluding carboxylic acids is 2. The summed E-state index contributed by atoms with van der Waals surface area (Å²) >= 11 is 1.20. The van der Waals surface area contributed by atoms with Gasteiger partial charge < -0.3 is 19.3 Å². The summed E-state index contributed by atoms with van der Waals surface area (Å²) in [6.45, 7) is 6.61. The summed E-state index contributed by atoms with van der Waals surface area (Å²) in [5, 5.41) is 0.390. The number of benzene rings is 1. The van der Waals surface area contributed by atoms with Gasteiger partial charge in [0.2, 0.25) is 0 Å². The zero-order valence-corrected chi connectivity index (χ0v) is 18.5. The fourth-order valence-corrected chi connectivity index (χ4v) is 6.05. The van der Waals surface area contributed by atoms with Gasteiger partial charge in [0.25, 0.3) is 15.9 Å². The van der Waals surface area contributed by atoms with Crippen LogP contribution in [0.25, 0.3) is 0 Å². The number of amides is 1. The number of fused-ring (bicyclic) bond motifs is 3. The zero-order valence-electron chi connectivity index (χ0n) is 16.9. The quantitative estimate of drug-likeness (QED) is 0.634. The van der Waals surface area contributed by atoms with Gasteiger partial charge in [-0.3, -0.25) is 4.79 Å². The highest BCUT2D eigenvalue weighted by molar-refractivity contribution is 8.15. The number of hydrogen-bond donors (Lipinski definition) is 0. The summed E-state index contributed by atoms with van der Waals surface area (Å²) in [6, 6.07) is 5.01. The van der Waals surface area contributed by atoms with Crippen molar-refractivity contribution in [1.82, 2.24) is 4.90 Å². The van der Waals surface area contributed by atoms with E-state index in [9.17, 15) is 18.0 Å². The fourth-order valence-electron chi connectivity index (χ4n) is 3.75. The van der Waals surface area contributed by atoms with E-state index < -0.39 is 22.1 Å². The van der Waals surface area contributed by atoms with E-state index in [1.54, 1.807) is 30.0 Å². The molecule has 30 heavy (non-hydrogen) atoms. The van der Waals surface area contributed by atoms with Crippen molar-refractivity contribution >= 4 is 44.5 Å². The molecule has 4 rings (SSSR count). The number of thioether (sulfide) groups is 1. The second-order valence-electron chi connectivity index (χ2n) is 7.64. The van der Waals surface area contributed by atoms with Gasteiger partial charge in [0.1, 0.15) is 0 Å². The summed E-state index contributed by atoms with van der Waals surface area (Å²) in [5.74, 6) is -0.899. The van der Waals surface area contributed by atoms with Crippen LogP contribution in [0.3, 0.4) is 0 Å². The largest absolute Gasteiger partial charge is 0.449 e. The molecule has 0 spiro atoms. The molecule has 3 heterocycles. The first-order chi connectivity index (χ1) is 14.1. The Bertz CT molecular complexity index is 1020. The number of hydrogen-bond acceptors (Lipinski definition) is 8. The minimum absolute atomic E-state index is 0.0430. The molecule has 9 nitrogen and oxygen atoms in total. The van der Waals surface area contributed by atoms with Crippen molar-refractivity contribution in [1.29, 1.82) is 0 Å². The Morgan fingerprint density at radius 3 is 2.67 bits per heavy atom. The Kier molecular flexibility index (Phi) is 5.54. The van der Waals surface area contributed by atoms with E-state index in [1.807, 2.05) is 18.7 Å². The standard InChI is InChI=1S/C19H23N3O6S2/c1-11-9-21(10-12(2)27-11)17(23)13(3)28-18(24)14-4-5-15-16(8-14)29-19-20-30(25,26)7-6-22(15)19/h4-5,8,11-13H,6-7,9-10H2,1-3H3. The molecule has 3 aliphatic rings. The molecule has 0 saturated carbocycles. The second kappa shape index (κ2) is 7.86. The van der Waals surface area contributed by atoms with E-state index in [1.165, 1.54) is 11.8 Å². The summed E-state index contributed by atoms with van der Waals surface area (Å²) in [6.07, 6.45) is -1.06. The van der Waals surface area contributed by atoms with Gasteiger partial charge >= 0.3 is 5.97 Å². The van der Waals surface area contributed by atoms with Crippen LogP contribution in [0, 0.1) is 0 Å². The van der Waals surface area contributed by atoms with Gasteiger partial charge in [-0.25, -0.2) is 13.2 Å². The number of morpholine rings is 1. The third kappa shape index (κ3) is 4.19. The molecule has 1 saturated heterocycles. The molecule has 1 fully saturated rings. The van der Waals surface area contributed by atoms with Crippen molar-refractivity contribution in [3.8, 4) is 0 Å². The Balaban J connectivity index is 1.45. The number of ether oxygens (including phenoxy) is 2. The molecule has 1 aromatic carbocycles. The maximum Gasteiger partial charge on any atom is 0.338 e. The zero-order chi connectivity index (χ0) is 21.6. The molecule has 0 aromatic heterocycles. The number of sulfonamides is 1. The van der Waals surface area contributed by atoms with Crippen molar-refractivity contribution in [3.05, 3.63) is 23.8 Å². The number of anilines is 1. The minimum atomic E-state index is -3.44. The van der Waals surface area contributed by atoms with Crippen molar-refractivity contribution in [2.75, 3.05) is 30.3 Å². The first-order valence-corrected chi connectivity index (χ1v) is 12.1. The molecular formula is C19H23N3O6S2. The highest BCUT2D eigenvalue weighted by atomic mass is 32.2. The SMILES string of the molecule is CC1CN(C(=O)C(C)OC(=O)c2ccc3c(c2)SC2=NS(=O)(=O)CCN23)CC(C)O1. The van der Waals surface area contributed by atoms with Crippen molar-refractivity contribution in [3.63, 3.8) is 0 Å². The lowest BCUT2D eigenvalue weighted by atomic mass is 10.2. The van der Waals surface area contributed by atoms with Crippen LogP contribution in [0.4, 0.5) is 5.69 Å². The van der Waals surface area contributed by atoms with Gasteiger partial charge in [-0.2, -0.15) is 0 Å². The monoisotopic (exact) mass is 453 g/mol. The number of rotatable bonds is 3.